The minimum Gasteiger partial charge on any atom is -0.406 e. The summed E-state index contributed by atoms with van der Waals surface area (Å²) in [5.74, 6) is -1.12. The fourth-order valence-electron chi connectivity index (χ4n) is 4.08. The first-order chi connectivity index (χ1) is 16.1. The van der Waals surface area contributed by atoms with Crippen LogP contribution in [0.5, 0.6) is 5.75 Å². The lowest BCUT2D eigenvalue weighted by molar-refractivity contribution is -0.274. The largest absolute Gasteiger partial charge is 0.573 e. The van der Waals surface area contributed by atoms with Gasteiger partial charge in [-0.25, -0.2) is 4.39 Å². The van der Waals surface area contributed by atoms with Gasteiger partial charge in [-0.1, -0.05) is 23.2 Å². The second-order valence-electron chi connectivity index (χ2n) is 7.56. The van der Waals surface area contributed by atoms with Crippen LogP contribution in [-0.2, 0) is 11.3 Å². The maximum atomic E-state index is 13.7. The second kappa shape index (κ2) is 8.36. The number of aromatic nitrogens is 4. The predicted molar refractivity (Wildman–Crippen MR) is 110 cm³/mol. The van der Waals surface area contributed by atoms with Crippen LogP contribution < -0.4 is 4.74 Å². The zero-order chi connectivity index (χ0) is 24.2. The van der Waals surface area contributed by atoms with E-state index in [9.17, 15) is 22.4 Å². The molecule has 14 heteroatoms. The van der Waals surface area contributed by atoms with Gasteiger partial charge in [-0.05, 0) is 18.2 Å². The standard InChI is InChI=1S/C20H13Cl2F4N5O3/c21-15-11(1-2-12(23)16(15)22)19(32)31-9-6-30-17(28-29-18(30)14(31)8-33-7-9)13-5-10(3-4-27-13)34-20(24,25)26/h1-5,9,14H,6-8H2/t9-,14+/m0/s1. The van der Waals surface area contributed by atoms with E-state index in [4.69, 9.17) is 27.9 Å². The number of hydrogen-bond acceptors (Lipinski definition) is 6. The quantitative estimate of drug-likeness (QED) is 0.381. The number of fused-ring (bicyclic) bond motifs is 4. The molecule has 0 N–H and O–H groups in total. The molecule has 178 valence electrons. The highest BCUT2D eigenvalue weighted by molar-refractivity contribution is 6.44. The van der Waals surface area contributed by atoms with Crippen LogP contribution in [0.4, 0.5) is 17.6 Å². The van der Waals surface area contributed by atoms with Crippen LogP contribution in [0.3, 0.4) is 0 Å². The summed E-state index contributed by atoms with van der Waals surface area (Å²) >= 11 is 12.0. The number of carbonyl (C=O) groups is 1. The molecule has 1 fully saturated rings. The number of morpholine rings is 1. The highest BCUT2D eigenvalue weighted by atomic mass is 35.5. The van der Waals surface area contributed by atoms with E-state index in [1.165, 1.54) is 17.2 Å². The average Bonchev–Trinajstić information content (AvgIpc) is 3.19. The number of amides is 1. The van der Waals surface area contributed by atoms with E-state index in [-0.39, 0.29) is 46.9 Å². The maximum absolute atomic E-state index is 13.7. The fourth-order valence-corrected chi connectivity index (χ4v) is 4.48. The molecule has 2 atom stereocenters. The van der Waals surface area contributed by atoms with Crippen molar-refractivity contribution in [2.75, 3.05) is 13.2 Å². The zero-order valence-electron chi connectivity index (χ0n) is 16.9. The first-order valence-corrected chi connectivity index (χ1v) is 10.6. The van der Waals surface area contributed by atoms with Gasteiger partial charge in [-0.15, -0.1) is 23.4 Å². The van der Waals surface area contributed by atoms with Gasteiger partial charge in [-0.3, -0.25) is 9.78 Å². The molecule has 1 amide bonds. The van der Waals surface area contributed by atoms with Crippen molar-refractivity contribution in [3.63, 3.8) is 0 Å². The number of rotatable bonds is 3. The minimum atomic E-state index is -4.86. The number of pyridine rings is 1. The van der Waals surface area contributed by atoms with Crippen LogP contribution in [0, 0.1) is 5.82 Å². The van der Waals surface area contributed by atoms with Gasteiger partial charge in [0, 0.05) is 18.8 Å². The second-order valence-corrected chi connectivity index (χ2v) is 8.32. The predicted octanol–water partition coefficient (Wildman–Crippen LogP) is 4.28. The highest BCUT2D eigenvalue weighted by Gasteiger charge is 2.44. The van der Waals surface area contributed by atoms with Crippen molar-refractivity contribution in [2.24, 2.45) is 0 Å². The SMILES string of the molecule is O=C(c1ccc(F)c(Cl)c1Cl)N1[C@@H]2COC[C@@H]1c1nnc(-c3cc(OC(F)(F)F)ccn3)n1C2. The van der Waals surface area contributed by atoms with Crippen LogP contribution in [0.25, 0.3) is 11.5 Å². The third kappa shape index (κ3) is 3.95. The number of halogens is 6. The van der Waals surface area contributed by atoms with Gasteiger partial charge >= 0.3 is 6.36 Å². The molecule has 34 heavy (non-hydrogen) atoms. The molecule has 2 aliphatic heterocycles. The van der Waals surface area contributed by atoms with Crippen LogP contribution in [0.1, 0.15) is 22.2 Å². The molecule has 1 aromatic carbocycles. The van der Waals surface area contributed by atoms with E-state index in [2.05, 4.69) is 19.9 Å². The molecule has 0 radical (unpaired) electrons. The molecule has 8 nitrogen and oxygen atoms in total. The van der Waals surface area contributed by atoms with Gasteiger partial charge in [0.05, 0.1) is 34.9 Å². The molecular formula is C20H13Cl2F4N5O3. The summed E-state index contributed by atoms with van der Waals surface area (Å²) in [6.07, 6.45) is -3.69. The molecular weight excluding hydrogens is 505 g/mol. The summed E-state index contributed by atoms with van der Waals surface area (Å²) in [5.41, 5.74) is 0.143. The molecule has 0 unspecified atom stereocenters. The molecule has 2 bridgehead atoms. The van der Waals surface area contributed by atoms with E-state index < -0.39 is 35.9 Å². The van der Waals surface area contributed by atoms with Crippen LogP contribution in [0.2, 0.25) is 10.0 Å². The first-order valence-electron chi connectivity index (χ1n) is 9.83. The van der Waals surface area contributed by atoms with Gasteiger partial charge in [0.1, 0.15) is 23.3 Å². The lowest BCUT2D eigenvalue weighted by atomic mass is 10.0. The molecule has 4 heterocycles. The van der Waals surface area contributed by atoms with Crippen molar-refractivity contribution in [3.05, 3.63) is 57.7 Å². The Morgan fingerprint density at radius 2 is 1.94 bits per heavy atom. The van der Waals surface area contributed by atoms with Gasteiger partial charge in [0.2, 0.25) is 0 Å². The number of benzene rings is 1. The molecule has 0 saturated carbocycles. The van der Waals surface area contributed by atoms with E-state index >= 15 is 0 Å². The molecule has 3 aromatic rings. The van der Waals surface area contributed by atoms with Crippen molar-refractivity contribution >= 4 is 29.1 Å². The monoisotopic (exact) mass is 517 g/mol. The van der Waals surface area contributed by atoms with Gasteiger partial charge in [-0.2, -0.15) is 0 Å². The van der Waals surface area contributed by atoms with Crippen molar-refractivity contribution in [2.45, 2.75) is 25.0 Å². The Labute approximate surface area is 199 Å². The van der Waals surface area contributed by atoms with Gasteiger partial charge in [0.25, 0.3) is 5.91 Å². The zero-order valence-corrected chi connectivity index (χ0v) is 18.4. The van der Waals surface area contributed by atoms with Crippen LogP contribution in [0.15, 0.2) is 30.5 Å². The number of carbonyl (C=O) groups excluding carboxylic acids is 1. The smallest absolute Gasteiger partial charge is 0.406 e. The van der Waals surface area contributed by atoms with Crippen molar-refractivity contribution < 1.29 is 31.8 Å². The number of nitrogens with zero attached hydrogens (tertiary/aromatic N) is 5. The minimum absolute atomic E-state index is 0.0248. The van der Waals surface area contributed by atoms with Crippen LogP contribution >= 0.6 is 23.2 Å². The van der Waals surface area contributed by atoms with Crippen molar-refractivity contribution in [1.82, 2.24) is 24.6 Å². The van der Waals surface area contributed by atoms with E-state index in [0.29, 0.717) is 5.82 Å². The molecule has 0 spiro atoms. The third-order valence-electron chi connectivity index (χ3n) is 5.48. The summed E-state index contributed by atoms with van der Waals surface area (Å²) in [5, 5.41) is 7.69. The summed E-state index contributed by atoms with van der Waals surface area (Å²) in [7, 11) is 0. The van der Waals surface area contributed by atoms with E-state index in [0.717, 1.165) is 18.2 Å². The van der Waals surface area contributed by atoms with Crippen molar-refractivity contribution in [1.29, 1.82) is 0 Å². The lowest BCUT2D eigenvalue weighted by Gasteiger charge is -2.45. The molecule has 5 rings (SSSR count). The molecule has 2 aliphatic rings. The average molecular weight is 518 g/mol. The third-order valence-corrected chi connectivity index (χ3v) is 6.34. The number of ether oxygens (including phenoxy) is 2. The highest BCUT2D eigenvalue weighted by Crippen LogP contribution is 2.38. The first kappa shape index (κ1) is 22.8. The number of hydrogen-bond donors (Lipinski definition) is 0. The topological polar surface area (TPSA) is 82.4 Å². The maximum Gasteiger partial charge on any atom is 0.573 e. The molecule has 0 aliphatic carbocycles. The molecule has 1 saturated heterocycles. The van der Waals surface area contributed by atoms with Crippen LogP contribution in [-0.4, -0.2) is 56.2 Å². The Morgan fingerprint density at radius 1 is 1.15 bits per heavy atom. The summed E-state index contributed by atoms with van der Waals surface area (Å²) < 4.78 is 62.8. The Bertz CT molecular complexity index is 1290. The summed E-state index contributed by atoms with van der Waals surface area (Å²) in [4.78, 5) is 19.0. The van der Waals surface area contributed by atoms with E-state index in [1.807, 2.05) is 0 Å². The Morgan fingerprint density at radius 3 is 2.71 bits per heavy atom. The Balaban J connectivity index is 1.51. The van der Waals surface area contributed by atoms with Gasteiger partial charge in [0.15, 0.2) is 11.6 Å². The van der Waals surface area contributed by atoms with Crippen molar-refractivity contribution in [3.8, 4) is 17.3 Å². The molecule has 2 aromatic heterocycles. The number of alkyl halides is 3. The van der Waals surface area contributed by atoms with Gasteiger partial charge < -0.3 is 18.9 Å². The fraction of sp³-hybridized carbons (Fsp3) is 0.300. The normalized spacial score (nSPS) is 19.6. The summed E-state index contributed by atoms with van der Waals surface area (Å²) in [6, 6.07) is 3.34. The lowest BCUT2D eigenvalue weighted by Crippen LogP contribution is -2.56. The Hall–Kier alpha value is -2.96. The Kier molecular flexibility index (Phi) is 5.61. The van der Waals surface area contributed by atoms with E-state index in [1.54, 1.807) is 4.57 Å². The summed E-state index contributed by atoms with van der Waals surface area (Å²) in [6.45, 7) is 0.451.